The number of rotatable bonds is 0. The van der Waals surface area contributed by atoms with Gasteiger partial charge in [-0.25, -0.2) is 0 Å². The summed E-state index contributed by atoms with van der Waals surface area (Å²) < 4.78 is 63.2. The fraction of sp³-hybridized carbons (Fsp3) is 0. The van der Waals surface area contributed by atoms with Crippen molar-refractivity contribution >= 4 is 20.8 Å². The second-order valence-electron chi connectivity index (χ2n) is 0.896. The second-order valence-corrected chi connectivity index (χ2v) is 2.69. The van der Waals surface area contributed by atoms with E-state index in [0.29, 0.717) is 0 Å². The van der Waals surface area contributed by atoms with E-state index in [1.165, 1.54) is 0 Å². The van der Waals surface area contributed by atoms with Crippen LogP contribution in [0.5, 0.6) is 0 Å². The fourth-order valence-electron chi connectivity index (χ4n) is 0. The summed E-state index contributed by atoms with van der Waals surface area (Å²) in [6, 6.07) is 0. The number of hydrogen-bond acceptors (Lipinski definition) is 6. The predicted molar refractivity (Wildman–Crippen MR) is 38.4 cm³/mol. The summed E-state index contributed by atoms with van der Waals surface area (Å²) in [5.41, 5.74) is 0. The standard InChI is InChI=1S/Ce.2H3N.2H2O4S/c;;;2*1-5(2,3)4/h;2*1H3;2*(H2,1,2,3,4). The van der Waals surface area contributed by atoms with Crippen LogP contribution in [0.25, 0.3) is 0 Å². The molecule has 0 rings (SSSR count). The van der Waals surface area contributed by atoms with E-state index in [2.05, 4.69) is 0 Å². The van der Waals surface area contributed by atoms with E-state index in [1.807, 2.05) is 0 Å². The van der Waals surface area contributed by atoms with Gasteiger partial charge in [0.2, 0.25) is 0 Å². The molecule has 0 aromatic heterocycles. The third kappa shape index (κ3) is 1480. The van der Waals surface area contributed by atoms with E-state index in [1.54, 1.807) is 0 Å². The third-order valence-electron chi connectivity index (χ3n) is 0. The van der Waals surface area contributed by atoms with Crippen molar-refractivity contribution in [2.45, 2.75) is 0 Å². The molecule has 10 nitrogen and oxygen atoms in total. The Bertz CT molecular complexity index is 217. The van der Waals surface area contributed by atoms with Crippen molar-refractivity contribution in [2.24, 2.45) is 0 Å². The van der Waals surface area contributed by atoms with Gasteiger partial charge in [-0.15, -0.1) is 0 Å². The molecule has 0 aliphatic carbocycles. The smallest absolute Gasteiger partial charge is 0.344 e. The molecule has 13 heavy (non-hydrogen) atoms. The van der Waals surface area contributed by atoms with Gasteiger partial charge in [0.1, 0.15) is 0 Å². The van der Waals surface area contributed by atoms with Gasteiger partial charge in [0, 0.05) is 41.7 Å². The molecule has 0 saturated carbocycles. The molecule has 0 atom stereocenters. The average Bonchev–Trinajstić information content (AvgIpc) is 1.12. The van der Waals surface area contributed by atoms with Crippen molar-refractivity contribution in [3.63, 3.8) is 0 Å². The molecule has 0 radical (unpaired) electrons. The van der Waals surface area contributed by atoms with Crippen LogP contribution in [0.1, 0.15) is 0 Å². The van der Waals surface area contributed by atoms with Crippen LogP contribution in [-0.2, 0) is 20.8 Å². The Morgan fingerprint density at radius 2 is 0.615 bits per heavy atom. The average molecular weight is 370 g/mol. The van der Waals surface area contributed by atoms with Gasteiger partial charge in [-0.1, -0.05) is 0 Å². The van der Waals surface area contributed by atoms with Gasteiger partial charge in [-0.05, 0) is 0 Å². The van der Waals surface area contributed by atoms with E-state index < -0.39 is 20.8 Å². The fourth-order valence-corrected chi connectivity index (χ4v) is 0. The van der Waals surface area contributed by atoms with Crippen LogP contribution in [0.4, 0.5) is 0 Å². The van der Waals surface area contributed by atoms with E-state index >= 15 is 0 Å². The molecule has 0 fully saturated rings. The van der Waals surface area contributed by atoms with Crippen molar-refractivity contribution in [1.29, 1.82) is 0 Å². The van der Waals surface area contributed by atoms with Crippen LogP contribution in [0.2, 0.25) is 0 Å². The van der Waals surface area contributed by atoms with E-state index in [4.69, 9.17) is 35.0 Å². The van der Waals surface area contributed by atoms with Crippen LogP contribution in [-0.4, -0.2) is 35.0 Å². The Balaban J connectivity index is -0.0000000267. The third-order valence-corrected chi connectivity index (χ3v) is 0. The molecule has 10 N–H and O–H groups in total. The first-order valence-corrected chi connectivity index (χ1v) is 4.19. The van der Waals surface area contributed by atoms with E-state index in [-0.39, 0.29) is 54.0 Å². The molecule has 0 heterocycles. The van der Waals surface area contributed by atoms with Crippen LogP contribution in [0.3, 0.4) is 0 Å². The summed E-state index contributed by atoms with van der Waals surface area (Å²) in [4.78, 5) is 0. The van der Waals surface area contributed by atoms with Gasteiger partial charge in [0.05, 0.1) is 0 Å². The molecule has 0 aromatic rings. The molecule has 0 aliphatic heterocycles. The quantitative estimate of drug-likeness (QED) is 0.286. The van der Waals surface area contributed by atoms with E-state index in [0.717, 1.165) is 0 Å². The summed E-state index contributed by atoms with van der Waals surface area (Å²) in [6.07, 6.45) is 0. The van der Waals surface area contributed by atoms with Gasteiger partial charge in [-0.2, -0.15) is 16.8 Å². The number of hydrogen-bond donors (Lipinski definition) is 6. The minimum Gasteiger partial charge on any atom is -0.344 e. The molecule has 13 heteroatoms. The molecule has 0 aliphatic rings. The summed E-state index contributed by atoms with van der Waals surface area (Å²) in [5, 5.41) is 0. The van der Waals surface area contributed by atoms with Gasteiger partial charge in [-0.3, -0.25) is 18.2 Å². The van der Waals surface area contributed by atoms with Crippen LogP contribution in [0.15, 0.2) is 0 Å². The monoisotopic (exact) mass is 370 g/mol. The molecule has 0 aromatic carbocycles. The normalized spacial score (nSPS) is 8.92. The van der Waals surface area contributed by atoms with Gasteiger partial charge < -0.3 is 12.3 Å². The zero-order chi connectivity index (χ0) is 9.00. The molecule has 0 spiro atoms. The summed E-state index contributed by atoms with van der Waals surface area (Å²) in [6.45, 7) is 0. The Hall–Kier alpha value is 1.04. The largest absolute Gasteiger partial charge is 0.394 e. The molecular formula is H10CeN2O8S2. The molecular weight excluding hydrogens is 360 g/mol. The van der Waals surface area contributed by atoms with Gasteiger partial charge >= 0.3 is 20.8 Å². The van der Waals surface area contributed by atoms with Crippen molar-refractivity contribution < 1.29 is 76.8 Å². The second kappa shape index (κ2) is 11.1. The first kappa shape index (κ1) is 29.2. The maximum atomic E-state index is 8.74. The minimum absolute atomic E-state index is 0. The predicted octanol–water partition coefficient (Wildman–Crippen LogP) is -0.982. The van der Waals surface area contributed by atoms with Crippen LogP contribution < -0.4 is 12.3 Å². The topological polar surface area (TPSA) is 219 Å². The summed E-state index contributed by atoms with van der Waals surface area (Å²) in [5.74, 6) is 0. The molecule has 0 saturated heterocycles. The zero-order valence-corrected chi connectivity index (χ0v) is 10.9. The Morgan fingerprint density at radius 3 is 0.615 bits per heavy atom. The Morgan fingerprint density at radius 1 is 0.615 bits per heavy atom. The summed E-state index contributed by atoms with van der Waals surface area (Å²) >= 11 is 0. The van der Waals surface area contributed by atoms with Crippen molar-refractivity contribution in [3.8, 4) is 0 Å². The minimum atomic E-state index is -4.67. The SMILES string of the molecule is N.N.O=S(=O)(O)O.O=S(=O)(O)O.[Ce]. The van der Waals surface area contributed by atoms with Gasteiger partial charge in [0.15, 0.2) is 0 Å². The Labute approximate surface area is 109 Å². The zero-order valence-electron chi connectivity index (χ0n) is 6.15. The van der Waals surface area contributed by atoms with Crippen molar-refractivity contribution in [1.82, 2.24) is 12.3 Å². The maximum Gasteiger partial charge on any atom is 0.394 e. The molecule has 84 valence electrons. The van der Waals surface area contributed by atoms with Crippen molar-refractivity contribution in [3.05, 3.63) is 0 Å². The maximum absolute atomic E-state index is 8.74. The van der Waals surface area contributed by atoms with Crippen LogP contribution >= 0.6 is 0 Å². The molecule has 0 amide bonds. The Kier molecular flexibility index (Phi) is 25.0. The molecule has 0 bridgehead atoms. The van der Waals surface area contributed by atoms with Crippen molar-refractivity contribution in [2.75, 3.05) is 0 Å². The summed E-state index contributed by atoms with van der Waals surface area (Å²) in [7, 11) is -9.33. The molecule has 0 unspecified atom stereocenters. The first-order valence-electron chi connectivity index (χ1n) is 1.40. The van der Waals surface area contributed by atoms with Crippen LogP contribution in [0, 0.1) is 41.7 Å². The van der Waals surface area contributed by atoms with Gasteiger partial charge in [0.25, 0.3) is 0 Å². The van der Waals surface area contributed by atoms with E-state index in [9.17, 15) is 0 Å². The first-order chi connectivity index (χ1) is 4.00.